The van der Waals surface area contributed by atoms with Crippen molar-refractivity contribution in [3.05, 3.63) is 72.1 Å². The lowest BCUT2D eigenvalue weighted by molar-refractivity contribution is 0.0461. The highest BCUT2D eigenvalue weighted by Gasteiger charge is 2.27. The van der Waals surface area contributed by atoms with Crippen LogP contribution in [0.15, 0.2) is 65.6 Å². The number of sulfonamides is 1. The van der Waals surface area contributed by atoms with Crippen molar-refractivity contribution in [3.8, 4) is 0 Å². The minimum Gasteiger partial charge on any atom is -0.454 e. The predicted molar refractivity (Wildman–Crippen MR) is 128 cm³/mol. The second-order valence-corrected chi connectivity index (χ2v) is 9.98. The van der Waals surface area contributed by atoms with E-state index in [4.69, 9.17) is 9.47 Å². The molecule has 0 radical (unpaired) electrons. The minimum absolute atomic E-state index is 0.0177. The molecular weight excluding hydrogens is 454 g/mol. The van der Waals surface area contributed by atoms with Crippen LogP contribution >= 0.6 is 0 Å². The van der Waals surface area contributed by atoms with Gasteiger partial charge in [-0.3, -0.25) is 0 Å². The van der Waals surface area contributed by atoms with Gasteiger partial charge in [-0.05, 0) is 42.0 Å². The van der Waals surface area contributed by atoms with Crippen LogP contribution in [-0.2, 0) is 32.6 Å². The monoisotopic (exact) mass is 479 g/mol. The highest BCUT2D eigenvalue weighted by molar-refractivity contribution is 7.89. The van der Waals surface area contributed by atoms with Crippen LogP contribution in [0.3, 0.4) is 0 Å². The lowest BCUT2D eigenvalue weighted by Gasteiger charge is -2.26. The number of benzene rings is 3. The Kier molecular flexibility index (Phi) is 6.07. The van der Waals surface area contributed by atoms with E-state index in [9.17, 15) is 13.2 Å². The summed E-state index contributed by atoms with van der Waals surface area (Å²) in [7, 11) is -3.63. The SMILES string of the molecule is CCn1c(COC(=O)c2cccc3ccccc23)nc2cc(S(=O)(=O)N3CCOCC3)ccc21. The van der Waals surface area contributed by atoms with Gasteiger partial charge in [0.25, 0.3) is 0 Å². The molecule has 8 nitrogen and oxygen atoms in total. The molecule has 1 aliphatic rings. The zero-order valence-electron chi connectivity index (χ0n) is 18.8. The molecule has 1 aliphatic heterocycles. The molecule has 34 heavy (non-hydrogen) atoms. The van der Waals surface area contributed by atoms with E-state index in [2.05, 4.69) is 4.98 Å². The summed E-state index contributed by atoms with van der Waals surface area (Å²) in [6.45, 7) is 3.99. The van der Waals surface area contributed by atoms with E-state index in [0.29, 0.717) is 49.8 Å². The number of carbonyl (C=O) groups excluding carboxylic acids is 1. The summed E-state index contributed by atoms with van der Waals surface area (Å²) in [5.74, 6) is 0.133. The highest BCUT2D eigenvalue weighted by atomic mass is 32.2. The van der Waals surface area contributed by atoms with E-state index in [1.54, 1.807) is 24.3 Å². The van der Waals surface area contributed by atoms with Gasteiger partial charge in [0.15, 0.2) is 0 Å². The number of nitrogens with zero attached hydrogens (tertiary/aromatic N) is 3. The van der Waals surface area contributed by atoms with Crippen LogP contribution in [0.25, 0.3) is 21.8 Å². The Morgan fingerprint density at radius 3 is 2.62 bits per heavy atom. The van der Waals surface area contributed by atoms with Crippen molar-refractivity contribution in [3.63, 3.8) is 0 Å². The maximum atomic E-state index is 13.0. The van der Waals surface area contributed by atoms with Gasteiger partial charge in [-0.15, -0.1) is 0 Å². The highest BCUT2D eigenvalue weighted by Crippen LogP contribution is 2.25. The van der Waals surface area contributed by atoms with Crippen LogP contribution < -0.4 is 0 Å². The summed E-state index contributed by atoms with van der Waals surface area (Å²) in [4.78, 5) is 17.7. The molecule has 0 atom stereocenters. The molecule has 9 heteroatoms. The molecule has 0 aliphatic carbocycles. The van der Waals surface area contributed by atoms with E-state index in [1.807, 2.05) is 47.9 Å². The van der Waals surface area contributed by atoms with E-state index in [1.165, 1.54) is 4.31 Å². The Balaban J connectivity index is 1.41. The topological polar surface area (TPSA) is 90.7 Å². The van der Waals surface area contributed by atoms with Crippen molar-refractivity contribution in [1.29, 1.82) is 0 Å². The molecule has 0 spiro atoms. The number of morpholine rings is 1. The summed E-state index contributed by atoms with van der Waals surface area (Å²) in [6, 6.07) is 18.1. The minimum atomic E-state index is -3.63. The Labute approximate surface area is 197 Å². The number of rotatable bonds is 6. The fourth-order valence-electron chi connectivity index (χ4n) is 4.33. The molecular formula is C25H25N3O5S. The lowest BCUT2D eigenvalue weighted by Crippen LogP contribution is -2.40. The Hall–Kier alpha value is -3.27. The van der Waals surface area contributed by atoms with Gasteiger partial charge in [0, 0.05) is 19.6 Å². The van der Waals surface area contributed by atoms with Gasteiger partial charge in [-0.25, -0.2) is 18.2 Å². The third-order valence-corrected chi connectivity index (χ3v) is 7.96. The first-order valence-electron chi connectivity index (χ1n) is 11.2. The summed E-state index contributed by atoms with van der Waals surface area (Å²) >= 11 is 0. The van der Waals surface area contributed by atoms with Crippen LogP contribution in [0.5, 0.6) is 0 Å². The number of fused-ring (bicyclic) bond motifs is 2. The molecule has 5 rings (SSSR count). The average molecular weight is 480 g/mol. The molecule has 176 valence electrons. The van der Waals surface area contributed by atoms with Gasteiger partial charge in [-0.1, -0.05) is 36.4 Å². The van der Waals surface area contributed by atoms with Crippen molar-refractivity contribution in [2.45, 2.75) is 25.0 Å². The molecule has 0 unspecified atom stereocenters. The molecule has 4 aromatic rings. The normalized spacial score (nSPS) is 15.1. The molecule has 0 bridgehead atoms. The molecule has 0 amide bonds. The summed E-state index contributed by atoms with van der Waals surface area (Å²) in [5, 5.41) is 1.80. The molecule has 3 aromatic carbocycles. The Morgan fingerprint density at radius 2 is 1.82 bits per heavy atom. The van der Waals surface area contributed by atoms with Crippen LogP contribution in [0.2, 0.25) is 0 Å². The third kappa shape index (κ3) is 4.06. The molecule has 1 fully saturated rings. The van der Waals surface area contributed by atoms with Gasteiger partial charge in [0.1, 0.15) is 12.4 Å². The van der Waals surface area contributed by atoms with Crippen LogP contribution in [0.1, 0.15) is 23.1 Å². The standard InChI is InChI=1S/C25H25N3O5S/c1-2-28-23-11-10-19(34(30,31)27-12-14-32-15-13-27)16-22(23)26-24(28)17-33-25(29)21-9-5-7-18-6-3-4-8-20(18)21/h3-11,16H,2,12-15,17H2,1H3. The van der Waals surface area contributed by atoms with Crippen molar-refractivity contribution in [1.82, 2.24) is 13.9 Å². The van der Waals surface area contributed by atoms with Gasteiger partial charge in [0.05, 0.1) is 34.7 Å². The Morgan fingerprint density at radius 1 is 1.06 bits per heavy atom. The van der Waals surface area contributed by atoms with E-state index >= 15 is 0 Å². The van der Waals surface area contributed by atoms with Crippen molar-refractivity contribution in [2.24, 2.45) is 0 Å². The quantitative estimate of drug-likeness (QED) is 0.393. The largest absolute Gasteiger partial charge is 0.454 e. The van der Waals surface area contributed by atoms with Gasteiger partial charge < -0.3 is 14.0 Å². The average Bonchev–Trinajstić information content (AvgIpc) is 3.24. The van der Waals surface area contributed by atoms with E-state index in [-0.39, 0.29) is 11.5 Å². The van der Waals surface area contributed by atoms with Crippen LogP contribution in [0, 0.1) is 0 Å². The third-order valence-electron chi connectivity index (χ3n) is 6.06. The molecule has 1 aromatic heterocycles. The predicted octanol–water partition coefficient (Wildman–Crippen LogP) is 3.59. The zero-order valence-corrected chi connectivity index (χ0v) is 19.6. The van der Waals surface area contributed by atoms with Gasteiger partial charge in [0.2, 0.25) is 10.0 Å². The number of esters is 1. The number of hydrogen-bond acceptors (Lipinski definition) is 6. The van der Waals surface area contributed by atoms with E-state index in [0.717, 1.165) is 16.3 Å². The number of carbonyl (C=O) groups is 1. The van der Waals surface area contributed by atoms with Gasteiger partial charge in [-0.2, -0.15) is 4.31 Å². The number of ether oxygens (including phenoxy) is 2. The molecule has 2 heterocycles. The fraction of sp³-hybridized carbons (Fsp3) is 0.280. The number of aryl methyl sites for hydroxylation is 1. The molecule has 0 N–H and O–H groups in total. The van der Waals surface area contributed by atoms with Crippen LogP contribution in [0.4, 0.5) is 0 Å². The lowest BCUT2D eigenvalue weighted by atomic mass is 10.1. The zero-order chi connectivity index (χ0) is 23.7. The molecule has 0 saturated carbocycles. The second kappa shape index (κ2) is 9.17. The summed E-state index contributed by atoms with van der Waals surface area (Å²) in [6.07, 6.45) is 0. The first-order chi connectivity index (χ1) is 16.5. The number of imidazole rings is 1. The van der Waals surface area contributed by atoms with E-state index < -0.39 is 16.0 Å². The maximum absolute atomic E-state index is 13.0. The smallest absolute Gasteiger partial charge is 0.339 e. The first-order valence-corrected chi connectivity index (χ1v) is 12.6. The Bertz CT molecular complexity index is 1470. The van der Waals surface area contributed by atoms with Gasteiger partial charge >= 0.3 is 5.97 Å². The maximum Gasteiger partial charge on any atom is 0.339 e. The van der Waals surface area contributed by atoms with Crippen molar-refractivity contribution >= 4 is 37.8 Å². The van der Waals surface area contributed by atoms with Crippen LogP contribution in [-0.4, -0.2) is 54.5 Å². The first kappa shape index (κ1) is 22.5. The number of aromatic nitrogens is 2. The summed E-state index contributed by atoms with van der Waals surface area (Å²) < 4.78 is 40.3. The number of hydrogen-bond donors (Lipinski definition) is 0. The van der Waals surface area contributed by atoms with Crippen molar-refractivity contribution < 1.29 is 22.7 Å². The molecule has 1 saturated heterocycles. The summed E-state index contributed by atoms with van der Waals surface area (Å²) in [5.41, 5.74) is 1.84. The second-order valence-electron chi connectivity index (χ2n) is 8.04. The fourth-order valence-corrected chi connectivity index (χ4v) is 5.76. The van der Waals surface area contributed by atoms with Crippen molar-refractivity contribution in [2.75, 3.05) is 26.3 Å².